The van der Waals surface area contributed by atoms with E-state index in [1.54, 1.807) is 23.0 Å². The van der Waals surface area contributed by atoms with Crippen molar-refractivity contribution >= 4 is 11.0 Å². The van der Waals surface area contributed by atoms with Crippen molar-refractivity contribution < 1.29 is 4.39 Å². The number of aromatic amines is 1. The lowest BCUT2D eigenvalue weighted by molar-refractivity contribution is 0.637. The maximum Gasteiger partial charge on any atom is 0.151 e. The number of halogens is 1. The van der Waals surface area contributed by atoms with E-state index >= 15 is 0 Å². The summed E-state index contributed by atoms with van der Waals surface area (Å²) >= 11 is 0. The monoisotopic (exact) mass is 278 g/mol. The maximum atomic E-state index is 13.7. The Hall–Kier alpha value is -2.95. The molecule has 102 valence electrons. The van der Waals surface area contributed by atoms with Crippen molar-refractivity contribution in [3.63, 3.8) is 0 Å². The topological polar surface area (TPSA) is 46.5 Å². The van der Waals surface area contributed by atoms with E-state index in [1.807, 2.05) is 36.5 Å². The fourth-order valence-corrected chi connectivity index (χ4v) is 2.30. The van der Waals surface area contributed by atoms with Gasteiger partial charge >= 0.3 is 0 Å². The minimum atomic E-state index is -0.328. The lowest BCUT2D eigenvalue weighted by Crippen LogP contribution is -1.92. The lowest BCUT2D eigenvalue weighted by Gasteiger charge is -1.98. The molecule has 0 saturated heterocycles. The van der Waals surface area contributed by atoms with Gasteiger partial charge in [-0.05, 0) is 24.3 Å². The van der Waals surface area contributed by atoms with Gasteiger partial charge < -0.3 is 4.98 Å². The predicted octanol–water partition coefficient (Wildman–Crippen LogP) is 3.55. The fraction of sp³-hybridized carbons (Fsp3) is 0. The lowest BCUT2D eigenvalue weighted by atomic mass is 10.3. The van der Waals surface area contributed by atoms with E-state index in [0.717, 1.165) is 11.3 Å². The molecule has 2 heterocycles. The number of H-pyrrole nitrogens is 1. The Morgan fingerprint density at radius 1 is 1.00 bits per heavy atom. The minimum Gasteiger partial charge on any atom is -0.338 e. The van der Waals surface area contributed by atoms with E-state index in [0.29, 0.717) is 16.9 Å². The Balaban J connectivity index is 1.79. The summed E-state index contributed by atoms with van der Waals surface area (Å²) < 4.78 is 15.4. The Morgan fingerprint density at radius 3 is 2.67 bits per heavy atom. The van der Waals surface area contributed by atoms with Crippen molar-refractivity contribution in [3.8, 4) is 17.1 Å². The molecule has 0 spiro atoms. The molecule has 0 saturated carbocycles. The summed E-state index contributed by atoms with van der Waals surface area (Å²) in [7, 11) is 0. The second kappa shape index (κ2) is 4.56. The molecule has 5 heteroatoms. The summed E-state index contributed by atoms with van der Waals surface area (Å²) in [5.74, 6) is 0.280. The van der Waals surface area contributed by atoms with Gasteiger partial charge in [0.1, 0.15) is 11.3 Å². The predicted molar refractivity (Wildman–Crippen MR) is 78.6 cm³/mol. The maximum absolute atomic E-state index is 13.7. The molecule has 0 amide bonds. The molecule has 2 aromatic carbocycles. The Kier molecular flexibility index (Phi) is 2.57. The van der Waals surface area contributed by atoms with Crippen LogP contribution < -0.4 is 0 Å². The highest BCUT2D eigenvalue weighted by Gasteiger charge is 2.10. The van der Waals surface area contributed by atoms with E-state index in [4.69, 9.17) is 0 Å². The summed E-state index contributed by atoms with van der Waals surface area (Å²) in [6, 6.07) is 14.7. The molecule has 1 N–H and O–H groups in total. The first kappa shape index (κ1) is 11.8. The van der Waals surface area contributed by atoms with Crippen LogP contribution in [-0.4, -0.2) is 19.7 Å². The van der Waals surface area contributed by atoms with Gasteiger partial charge in [-0.25, -0.2) is 14.1 Å². The molecule has 0 aliphatic carbocycles. The molecule has 0 atom stereocenters. The van der Waals surface area contributed by atoms with E-state index in [9.17, 15) is 4.39 Å². The van der Waals surface area contributed by atoms with Gasteiger partial charge in [0.25, 0.3) is 0 Å². The Labute approximate surface area is 119 Å². The van der Waals surface area contributed by atoms with Gasteiger partial charge in [0.05, 0.1) is 23.0 Å². The number of hydrogen-bond acceptors (Lipinski definition) is 2. The summed E-state index contributed by atoms with van der Waals surface area (Å²) in [6.45, 7) is 0. The number of para-hydroxylation sites is 2. The van der Waals surface area contributed by atoms with Crippen molar-refractivity contribution in [3.05, 3.63) is 66.7 Å². The quantitative estimate of drug-likeness (QED) is 0.609. The van der Waals surface area contributed by atoms with Crippen molar-refractivity contribution in [2.24, 2.45) is 0 Å². The van der Waals surface area contributed by atoms with Crippen molar-refractivity contribution in [2.45, 2.75) is 0 Å². The Bertz CT molecular complexity index is 908. The van der Waals surface area contributed by atoms with Gasteiger partial charge in [0.2, 0.25) is 0 Å². The van der Waals surface area contributed by atoms with Gasteiger partial charge in [-0.1, -0.05) is 24.3 Å². The van der Waals surface area contributed by atoms with Gasteiger partial charge in [-0.2, -0.15) is 5.10 Å². The summed E-state index contributed by atoms with van der Waals surface area (Å²) in [4.78, 5) is 7.42. The van der Waals surface area contributed by atoms with E-state index in [-0.39, 0.29) is 5.82 Å². The van der Waals surface area contributed by atoms with Crippen LogP contribution in [0.3, 0.4) is 0 Å². The van der Waals surface area contributed by atoms with Gasteiger partial charge in [0, 0.05) is 6.20 Å². The zero-order valence-electron chi connectivity index (χ0n) is 11.0. The fourth-order valence-electron chi connectivity index (χ4n) is 2.30. The number of benzene rings is 2. The van der Waals surface area contributed by atoms with Gasteiger partial charge in [-0.3, -0.25) is 0 Å². The molecule has 4 nitrogen and oxygen atoms in total. The Morgan fingerprint density at radius 2 is 1.86 bits per heavy atom. The number of rotatable bonds is 2. The van der Waals surface area contributed by atoms with Crippen LogP contribution in [0.4, 0.5) is 4.39 Å². The molecule has 0 fully saturated rings. The van der Waals surface area contributed by atoms with Crippen LogP contribution in [0.15, 0.2) is 60.9 Å². The number of hydrogen-bond donors (Lipinski definition) is 1. The first-order valence-electron chi connectivity index (χ1n) is 6.56. The molecule has 0 unspecified atom stereocenters. The molecular weight excluding hydrogens is 267 g/mol. The average Bonchev–Trinajstić information content (AvgIpc) is 3.15. The summed E-state index contributed by atoms with van der Waals surface area (Å²) in [6.07, 6.45) is 3.58. The average molecular weight is 278 g/mol. The first-order valence-corrected chi connectivity index (χ1v) is 6.56. The van der Waals surface area contributed by atoms with Crippen LogP contribution in [0.1, 0.15) is 0 Å². The molecule has 0 radical (unpaired) electrons. The molecule has 21 heavy (non-hydrogen) atoms. The molecule has 0 bridgehead atoms. The highest BCUT2D eigenvalue weighted by atomic mass is 19.1. The third-order valence-electron chi connectivity index (χ3n) is 3.34. The van der Waals surface area contributed by atoms with Crippen LogP contribution in [0.5, 0.6) is 0 Å². The molecule has 0 aliphatic rings. The molecule has 2 aromatic heterocycles. The number of nitrogens with one attached hydrogen (secondary N) is 1. The van der Waals surface area contributed by atoms with Gasteiger partial charge in [-0.15, -0.1) is 0 Å². The van der Waals surface area contributed by atoms with E-state index in [2.05, 4.69) is 15.1 Å². The normalized spacial score (nSPS) is 11.1. The highest BCUT2D eigenvalue weighted by Crippen LogP contribution is 2.22. The zero-order valence-corrected chi connectivity index (χ0v) is 11.0. The number of imidazole rings is 1. The summed E-state index contributed by atoms with van der Waals surface area (Å²) in [5.41, 5.74) is 2.80. The second-order valence-electron chi connectivity index (χ2n) is 4.73. The number of fused-ring (bicyclic) bond motifs is 1. The number of aromatic nitrogens is 4. The first-order chi connectivity index (χ1) is 10.3. The molecule has 4 aromatic rings. The van der Waals surface area contributed by atoms with Crippen molar-refractivity contribution in [1.29, 1.82) is 0 Å². The molecule has 4 rings (SSSR count). The van der Waals surface area contributed by atoms with Crippen LogP contribution >= 0.6 is 0 Å². The van der Waals surface area contributed by atoms with E-state index < -0.39 is 0 Å². The highest BCUT2D eigenvalue weighted by molar-refractivity contribution is 5.79. The third kappa shape index (κ3) is 1.99. The van der Waals surface area contributed by atoms with Crippen molar-refractivity contribution in [1.82, 2.24) is 19.7 Å². The van der Waals surface area contributed by atoms with Crippen LogP contribution in [0.25, 0.3) is 28.1 Å². The standard InChI is InChI=1S/C16H11FN4/c17-13-7-4-8-14-15(13)20-16(19-14)11-9-18-21(10-11)12-5-2-1-3-6-12/h1-10H,(H,19,20). The van der Waals surface area contributed by atoms with Crippen molar-refractivity contribution in [2.75, 3.05) is 0 Å². The third-order valence-corrected chi connectivity index (χ3v) is 3.34. The van der Waals surface area contributed by atoms with Crippen LogP contribution in [0, 0.1) is 5.82 Å². The zero-order chi connectivity index (χ0) is 14.2. The minimum absolute atomic E-state index is 0.328. The second-order valence-corrected chi connectivity index (χ2v) is 4.73. The smallest absolute Gasteiger partial charge is 0.151 e. The van der Waals surface area contributed by atoms with Gasteiger partial charge in [0.15, 0.2) is 5.82 Å². The molecular formula is C16H11FN4. The molecule has 0 aliphatic heterocycles. The van der Waals surface area contributed by atoms with Crippen LogP contribution in [0.2, 0.25) is 0 Å². The number of nitrogens with zero attached hydrogens (tertiary/aromatic N) is 3. The summed E-state index contributed by atoms with van der Waals surface area (Å²) in [5, 5.41) is 4.32. The van der Waals surface area contributed by atoms with E-state index in [1.165, 1.54) is 6.07 Å². The SMILES string of the molecule is Fc1cccc2[nH]c(-c3cnn(-c4ccccc4)c3)nc12. The van der Waals surface area contributed by atoms with Crippen LogP contribution in [-0.2, 0) is 0 Å². The largest absolute Gasteiger partial charge is 0.338 e.